The molecule has 0 saturated heterocycles. The van der Waals surface area contributed by atoms with Gasteiger partial charge in [0, 0.05) is 10.6 Å². The molecule has 104 valence electrons. The Kier molecular flexibility index (Phi) is 5.04. The third-order valence-corrected chi connectivity index (χ3v) is 3.85. The summed E-state index contributed by atoms with van der Waals surface area (Å²) >= 11 is 7.00. The van der Waals surface area contributed by atoms with Gasteiger partial charge in [0.25, 0.3) is 0 Å². The molecule has 0 atom stereocenters. The molecule has 0 fully saturated rings. The number of benzene rings is 2. The van der Waals surface area contributed by atoms with Crippen LogP contribution in [0.1, 0.15) is 5.56 Å². The van der Waals surface area contributed by atoms with Crippen molar-refractivity contribution in [2.75, 3.05) is 11.1 Å². The monoisotopic (exact) mass is 309 g/mol. The van der Waals surface area contributed by atoms with Crippen molar-refractivity contribution in [1.29, 1.82) is 0 Å². The molecule has 1 N–H and O–H groups in total. The molecule has 0 saturated carbocycles. The van der Waals surface area contributed by atoms with Crippen LogP contribution in [0.4, 0.5) is 10.1 Å². The second-order valence-corrected chi connectivity index (χ2v) is 5.74. The van der Waals surface area contributed by atoms with Gasteiger partial charge in [-0.25, -0.2) is 4.39 Å². The van der Waals surface area contributed by atoms with Crippen LogP contribution in [0.15, 0.2) is 47.4 Å². The number of anilines is 1. The van der Waals surface area contributed by atoms with Gasteiger partial charge in [-0.1, -0.05) is 23.7 Å². The lowest BCUT2D eigenvalue weighted by Gasteiger charge is -2.06. The van der Waals surface area contributed by atoms with E-state index in [0.29, 0.717) is 0 Å². The minimum Gasteiger partial charge on any atom is -0.325 e. The molecule has 5 heteroatoms. The van der Waals surface area contributed by atoms with Gasteiger partial charge in [0.15, 0.2) is 0 Å². The summed E-state index contributed by atoms with van der Waals surface area (Å²) in [4.78, 5) is 12.6. The Labute approximate surface area is 126 Å². The van der Waals surface area contributed by atoms with E-state index in [9.17, 15) is 9.18 Å². The summed E-state index contributed by atoms with van der Waals surface area (Å²) in [5.41, 5.74) is 1.86. The molecule has 0 aliphatic rings. The van der Waals surface area contributed by atoms with Gasteiger partial charge in [0.1, 0.15) is 5.82 Å². The number of carbonyl (C=O) groups excluding carboxylic acids is 1. The zero-order valence-corrected chi connectivity index (χ0v) is 12.4. The largest absolute Gasteiger partial charge is 0.325 e. The molecule has 0 radical (unpaired) electrons. The fourth-order valence-corrected chi connectivity index (χ4v) is 2.62. The van der Waals surface area contributed by atoms with Gasteiger partial charge in [-0.05, 0) is 42.8 Å². The van der Waals surface area contributed by atoms with Crippen molar-refractivity contribution in [1.82, 2.24) is 0 Å². The first-order chi connectivity index (χ1) is 9.54. The highest BCUT2D eigenvalue weighted by Crippen LogP contribution is 2.24. The number of amides is 1. The molecule has 0 unspecified atom stereocenters. The van der Waals surface area contributed by atoms with E-state index in [1.807, 2.05) is 31.2 Å². The molecule has 0 heterocycles. The van der Waals surface area contributed by atoms with Crippen molar-refractivity contribution in [2.24, 2.45) is 0 Å². The number of hydrogen-bond donors (Lipinski definition) is 1. The Morgan fingerprint density at radius 1 is 1.30 bits per heavy atom. The van der Waals surface area contributed by atoms with Crippen molar-refractivity contribution >= 4 is 35.0 Å². The van der Waals surface area contributed by atoms with Gasteiger partial charge in [0.05, 0.1) is 10.8 Å². The number of hydrogen-bond acceptors (Lipinski definition) is 2. The van der Waals surface area contributed by atoms with E-state index >= 15 is 0 Å². The van der Waals surface area contributed by atoms with Gasteiger partial charge < -0.3 is 5.32 Å². The Morgan fingerprint density at radius 3 is 2.80 bits per heavy atom. The van der Waals surface area contributed by atoms with Crippen LogP contribution in [0.5, 0.6) is 0 Å². The zero-order chi connectivity index (χ0) is 14.5. The molecule has 2 rings (SSSR count). The number of aryl methyl sites for hydroxylation is 1. The molecule has 1 amide bonds. The lowest BCUT2D eigenvalue weighted by Crippen LogP contribution is -2.13. The lowest BCUT2D eigenvalue weighted by atomic mass is 10.2. The Morgan fingerprint density at radius 2 is 2.10 bits per heavy atom. The van der Waals surface area contributed by atoms with E-state index in [-0.39, 0.29) is 16.7 Å². The predicted octanol–water partition coefficient (Wildman–Crippen LogP) is 4.52. The van der Waals surface area contributed by atoms with Crippen LogP contribution in [0.2, 0.25) is 5.02 Å². The van der Waals surface area contributed by atoms with E-state index in [2.05, 4.69) is 5.32 Å². The number of carbonyl (C=O) groups is 1. The maximum atomic E-state index is 13.0. The van der Waals surface area contributed by atoms with E-state index in [1.165, 1.54) is 23.9 Å². The maximum Gasteiger partial charge on any atom is 0.234 e. The summed E-state index contributed by atoms with van der Waals surface area (Å²) in [5, 5.41) is 2.88. The molecular weight excluding hydrogens is 297 g/mol. The second-order valence-electron chi connectivity index (χ2n) is 4.28. The Balaban J connectivity index is 1.90. The minimum atomic E-state index is -0.458. The SMILES string of the molecule is Cc1cccc(NC(=O)CSc2ccc(F)c(Cl)c2)c1. The summed E-state index contributed by atoms with van der Waals surface area (Å²) in [7, 11) is 0. The standard InChI is InChI=1S/C15H13ClFNOS/c1-10-3-2-4-11(7-10)18-15(19)9-20-12-5-6-14(17)13(16)8-12/h2-8H,9H2,1H3,(H,18,19). The highest BCUT2D eigenvalue weighted by molar-refractivity contribution is 8.00. The smallest absolute Gasteiger partial charge is 0.234 e. The lowest BCUT2D eigenvalue weighted by molar-refractivity contribution is -0.113. The van der Waals surface area contributed by atoms with Crippen LogP contribution >= 0.6 is 23.4 Å². The van der Waals surface area contributed by atoms with Gasteiger partial charge in [0.2, 0.25) is 5.91 Å². The zero-order valence-electron chi connectivity index (χ0n) is 10.8. The van der Waals surface area contributed by atoms with Crippen LogP contribution in [-0.2, 0) is 4.79 Å². The van der Waals surface area contributed by atoms with Crippen molar-refractivity contribution < 1.29 is 9.18 Å². The molecule has 2 aromatic rings. The fraction of sp³-hybridized carbons (Fsp3) is 0.133. The number of nitrogens with one attached hydrogen (secondary N) is 1. The average Bonchev–Trinajstić information content (AvgIpc) is 2.40. The number of rotatable bonds is 4. The Bertz CT molecular complexity index is 633. The quantitative estimate of drug-likeness (QED) is 0.841. The van der Waals surface area contributed by atoms with Gasteiger partial charge in [-0.2, -0.15) is 0 Å². The van der Waals surface area contributed by atoms with Gasteiger partial charge in [-0.3, -0.25) is 4.79 Å². The van der Waals surface area contributed by atoms with Crippen molar-refractivity contribution in [3.63, 3.8) is 0 Å². The first-order valence-corrected chi connectivity index (χ1v) is 7.35. The van der Waals surface area contributed by atoms with Gasteiger partial charge in [-0.15, -0.1) is 11.8 Å². The summed E-state index contributed by atoms with van der Waals surface area (Å²) in [6.45, 7) is 1.96. The number of halogens is 2. The van der Waals surface area contributed by atoms with E-state index < -0.39 is 5.82 Å². The molecule has 2 aromatic carbocycles. The topological polar surface area (TPSA) is 29.1 Å². The van der Waals surface area contributed by atoms with Gasteiger partial charge >= 0.3 is 0 Å². The summed E-state index contributed by atoms with van der Waals surface area (Å²) in [6, 6.07) is 12.0. The van der Waals surface area contributed by atoms with Crippen LogP contribution in [-0.4, -0.2) is 11.7 Å². The predicted molar refractivity (Wildman–Crippen MR) is 81.9 cm³/mol. The van der Waals surface area contributed by atoms with Crippen LogP contribution in [0.25, 0.3) is 0 Å². The number of thioether (sulfide) groups is 1. The average molecular weight is 310 g/mol. The normalized spacial score (nSPS) is 10.3. The Hall–Kier alpha value is -1.52. The molecule has 0 spiro atoms. The van der Waals surface area contributed by atoms with Crippen LogP contribution in [0, 0.1) is 12.7 Å². The molecule has 0 aromatic heterocycles. The summed E-state index contributed by atoms with van der Waals surface area (Å²) in [6.07, 6.45) is 0. The maximum absolute atomic E-state index is 13.0. The van der Waals surface area contributed by atoms with Crippen molar-refractivity contribution in [2.45, 2.75) is 11.8 Å². The van der Waals surface area contributed by atoms with Crippen LogP contribution in [0.3, 0.4) is 0 Å². The van der Waals surface area contributed by atoms with Crippen molar-refractivity contribution in [3.8, 4) is 0 Å². The summed E-state index contributed by atoms with van der Waals surface area (Å²) < 4.78 is 13.0. The third kappa shape index (κ3) is 4.25. The molecule has 0 bridgehead atoms. The molecular formula is C15H13ClFNOS. The second kappa shape index (κ2) is 6.77. The van der Waals surface area contributed by atoms with Crippen molar-refractivity contribution in [3.05, 3.63) is 58.9 Å². The van der Waals surface area contributed by atoms with E-state index in [1.54, 1.807) is 6.07 Å². The fourth-order valence-electron chi connectivity index (χ4n) is 1.64. The molecule has 20 heavy (non-hydrogen) atoms. The molecule has 0 aliphatic carbocycles. The van der Waals surface area contributed by atoms with E-state index in [0.717, 1.165) is 16.1 Å². The summed E-state index contributed by atoms with van der Waals surface area (Å²) in [5.74, 6) is -0.322. The highest BCUT2D eigenvalue weighted by Gasteiger charge is 2.06. The highest BCUT2D eigenvalue weighted by atomic mass is 35.5. The first kappa shape index (κ1) is 14.9. The third-order valence-electron chi connectivity index (χ3n) is 2.56. The minimum absolute atomic E-state index is 0.0640. The van der Waals surface area contributed by atoms with E-state index in [4.69, 9.17) is 11.6 Å². The molecule has 0 aliphatic heterocycles. The van der Waals surface area contributed by atoms with Crippen LogP contribution < -0.4 is 5.32 Å². The first-order valence-electron chi connectivity index (χ1n) is 5.99. The molecule has 2 nitrogen and oxygen atoms in total.